The fourth-order valence-corrected chi connectivity index (χ4v) is 4.87. The molecule has 3 rings (SSSR count). The highest BCUT2D eigenvalue weighted by Gasteiger charge is 2.25. The van der Waals surface area contributed by atoms with Crippen LogP contribution in [-0.2, 0) is 4.74 Å². The normalized spacial score (nSPS) is 27.8. The molecule has 0 bridgehead atoms. The van der Waals surface area contributed by atoms with E-state index in [1.165, 1.54) is 43.4 Å². The van der Waals surface area contributed by atoms with Crippen LogP contribution in [0.5, 0.6) is 0 Å². The van der Waals surface area contributed by atoms with E-state index in [1.54, 1.807) is 18.2 Å². The molecule has 2 fully saturated rings. The van der Waals surface area contributed by atoms with Crippen LogP contribution in [0.2, 0.25) is 0 Å². The highest BCUT2D eigenvalue weighted by atomic mass is 19.1. The van der Waals surface area contributed by atoms with E-state index in [1.807, 2.05) is 18.2 Å². The van der Waals surface area contributed by atoms with Crippen molar-refractivity contribution < 1.29 is 13.5 Å². The first-order valence-electron chi connectivity index (χ1n) is 11.4. The molecule has 0 heterocycles. The van der Waals surface area contributed by atoms with Crippen molar-refractivity contribution in [2.45, 2.75) is 76.2 Å². The van der Waals surface area contributed by atoms with E-state index in [0.29, 0.717) is 17.9 Å². The maximum Gasteiger partial charge on any atom is 0.199 e. The van der Waals surface area contributed by atoms with Crippen molar-refractivity contribution in [1.82, 2.24) is 0 Å². The lowest BCUT2D eigenvalue weighted by Gasteiger charge is -2.32. The number of halogens is 2. The van der Waals surface area contributed by atoms with Crippen molar-refractivity contribution in [2.24, 2.45) is 11.8 Å². The van der Waals surface area contributed by atoms with Crippen molar-refractivity contribution in [3.05, 3.63) is 59.7 Å². The lowest BCUT2D eigenvalue weighted by atomic mass is 9.80. The van der Waals surface area contributed by atoms with Gasteiger partial charge in [0.1, 0.15) is 11.9 Å². The molecule has 0 aromatic heterocycles. The molecule has 0 amide bonds. The van der Waals surface area contributed by atoms with E-state index in [2.05, 4.69) is 0 Å². The Balaban J connectivity index is 1.27. The molecule has 0 atom stereocenters. The number of hydrogen-bond acceptors (Lipinski definition) is 2. The largest absolute Gasteiger partial charge is 0.378 e. The van der Waals surface area contributed by atoms with Crippen LogP contribution in [0.4, 0.5) is 8.78 Å². The second-order valence-corrected chi connectivity index (χ2v) is 8.88. The average molecular weight is 414 g/mol. The molecule has 2 aliphatic rings. The highest BCUT2D eigenvalue weighted by Crippen LogP contribution is 2.36. The summed E-state index contributed by atoms with van der Waals surface area (Å²) >= 11 is 0. The Morgan fingerprint density at radius 2 is 1.67 bits per heavy atom. The highest BCUT2D eigenvalue weighted by molar-refractivity contribution is 5.21. The van der Waals surface area contributed by atoms with Crippen LogP contribution >= 0.6 is 0 Å². The van der Waals surface area contributed by atoms with Crippen molar-refractivity contribution in [3.8, 4) is 6.07 Å². The SMILES string of the molecule is N#CC(F)=CC=CCCC1CCC(COC2CCC(c3ccc(F)cc3)CC2)CC1. The van der Waals surface area contributed by atoms with Crippen molar-refractivity contribution >= 4 is 0 Å². The first kappa shape index (κ1) is 22.7. The minimum Gasteiger partial charge on any atom is -0.378 e. The Labute approximate surface area is 179 Å². The van der Waals surface area contributed by atoms with Gasteiger partial charge in [0.05, 0.1) is 6.10 Å². The summed E-state index contributed by atoms with van der Waals surface area (Å²) in [5.74, 6) is 1.07. The van der Waals surface area contributed by atoms with Crippen molar-refractivity contribution in [2.75, 3.05) is 6.61 Å². The quantitative estimate of drug-likeness (QED) is 0.329. The number of rotatable bonds is 8. The molecule has 0 aliphatic heterocycles. The Morgan fingerprint density at radius 1 is 1.00 bits per heavy atom. The summed E-state index contributed by atoms with van der Waals surface area (Å²) in [6.45, 7) is 0.886. The van der Waals surface area contributed by atoms with Crippen LogP contribution in [0, 0.1) is 29.0 Å². The number of hydrogen-bond donors (Lipinski definition) is 0. The molecule has 0 radical (unpaired) electrons. The van der Waals surface area contributed by atoms with Crippen LogP contribution in [0.15, 0.2) is 48.3 Å². The van der Waals surface area contributed by atoms with Gasteiger partial charge in [0, 0.05) is 6.61 Å². The van der Waals surface area contributed by atoms with E-state index in [0.717, 1.165) is 51.0 Å². The number of ether oxygens (including phenoxy) is 1. The van der Waals surface area contributed by atoms with Crippen molar-refractivity contribution in [1.29, 1.82) is 5.26 Å². The zero-order valence-corrected chi connectivity index (χ0v) is 17.7. The van der Waals surface area contributed by atoms with Gasteiger partial charge in [-0.3, -0.25) is 0 Å². The minimum absolute atomic E-state index is 0.162. The third-order valence-electron chi connectivity index (χ3n) is 6.78. The zero-order valence-electron chi connectivity index (χ0n) is 17.7. The summed E-state index contributed by atoms with van der Waals surface area (Å²) in [5.41, 5.74) is 1.26. The summed E-state index contributed by atoms with van der Waals surface area (Å²) in [7, 11) is 0. The van der Waals surface area contributed by atoms with Gasteiger partial charge in [0.2, 0.25) is 0 Å². The van der Waals surface area contributed by atoms with Gasteiger partial charge < -0.3 is 4.74 Å². The molecule has 0 spiro atoms. The third-order valence-corrected chi connectivity index (χ3v) is 6.78. The maximum atomic E-state index is 13.1. The van der Waals surface area contributed by atoms with Gasteiger partial charge in [-0.1, -0.05) is 37.1 Å². The number of allylic oxidation sites excluding steroid dienone is 4. The van der Waals surface area contributed by atoms with E-state index in [-0.39, 0.29) is 5.82 Å². The molecule has 30 heavy (non-hydrogen) atoms. The van der Waals surface area contributed by atoms with E-state index >= 15 is 0 Å². The van der Waals surface area contributed by atoms with Gasteiger partial charge in [-0.2, -0.15) is 9.65 Å². The topological polar surface area (TPSA) is 33.0 Å². The molecule has 162 valence electrons. The molecule has 1 aromatic rings. The Bertz CT molecular complexity index is 733. The lowest BCUT2D eigenvalue weighted by Crippen LogP contribution is -2.25. The van der Waals surface area contributed by atoms with Crippen LogP contribution in [0.25, 0.3) is 0 Å². The fraction of sp³-hybridized carbons (Fsp3) is 0.577. The molecule has 2 nitrogen and oxygen atoms in total. The van der Waals surface area contributed by atoms with E-state index in [9.17, 15) is 8.78 Å². The maximum absolute atomic E-state index is 13.1. The van der Waals surface area contributed by atoms with Crippen molar-refractivity contribution in [3.63, 3.8) is 0 Å². The summed E-state index contributed by atoms with van der Waals surface area (Å²) < 4.78 is 32.1. The van der Waals surface area contributed by atoms with Gasteiger partial charge in [-0.05, 0) is 92.9 Å². The van der Waals surface area contributed by atoms with Crippen LogP contribution in [0.1, 0.15) is 75.7 Å². The van der Waals surface area contributed by atoms with Gasteiger partial charge in [0.15, 0.2) is 5.83 Å². The van der Waals surface area contributed by atoms with E-state index < -0.39 is 5.83 Å². The van der Waals surface area contributed by atoms with Gasteiger partial charge in [-0.25, -0.2) is 4.39 Å². The summed E-state index contributed by atoms with van der Waals surface area (Å²) in [5, 5.41) is 8.37. The first-order valence-corrected chi connectivity index (χ1v) is 11.4. The molecule has 0 unspecified atom stereocenters. The summed E-state index contributed by atoms with van der Waals surface area (Å²) in [6.07, 6.45) is 16.7. The minimum atomic E-state index is -0.740. The van der Waals surface area contributed by atoms with Crippen LogP contribution < -0.4 is 0 Å². The second kappa shape index (κ2) is 12.0. The zero-order chi connectivity index (χ0) is 21.2. The Kier molecular flexibility index (Phi) is 9.08. The monoisotopic (exact) mass is 413 g/mol. The molecule has 2 aliphatic carbocycles. The smallest absolute Gasteiger partial charge is 0.199 e. The molecule has 4 heteroatoms. The predicted octanol–water partition coefficient (Wildman–Crippen LogP) is 7.39. The number of benzene rings is 1. The Hall–Kier alpha value is -1.99. The third kappa shape index (κ3) is 7.36. The van der Waals surface area contributed by atoms with E-state index in [4.69, 9.17) is 10.00 Å². The van der Waals surface area contributed by atoms with Gasteiger partial charge in [0.25, 0.3) is 0 Å². The van der Waals surface area contributed by atoms with Crippen LogP contribution in [0.3, 0.4) is 0 Å². The standard InChI is InChI=1S/C26H33F2NO/c27-24-14-10-22(11-15-24)23-12-16-26(17-13-23)30-19-21-8-6-20(7-9-21)4-2-1-3-5-25(28)18-29/h1,3,5,10-11,14-15,20-21,23,26H,2,4,6-9,12-13,16-17,19H2. The fourth-order valence-electron chi connectivity index (χ4n) is 4.87. The summed E-state index contributed by atoms with van der Waals surface area (Å²) in [4.78, 5) is 0. The average Bonchev–Trinajstić information content (AvgIpc) is 2.79. The first-order chi connectivity index (χ1) is 14.6. The number of nitrogens with zero attached hydrogens (tertiary/aromatic N) is 1. The predicted molar refractivity (Wildman–Crippen MR) is 116 cm³/mol. The molecule has 0 saturated heterocycles. The Morgan fingerprint density at radius 3 is 2.33 bits per heavy atom. The number of nitriles is 1. The molecule has 0 N–H and O–H groups in total. The van der Waals surface area contributed by atoms with Crippen LogP contribution in [-0.4, -0.2) is 12.7 Å². The molecular weight excluding hydrogens is 380 g/mol. The van der Waals surface area contributed by atoms with Gasteiger partial charge >= 0.3 is 0 Å². The lowest BCUT2D eigenvalue weighted by molar-refractivity contribution is -0.00475. The van der Waals surface area contributed by atoms with Gasteiger partial charge in [-0.15, -0.1) is 0 Å². The molecule has 1 aromatic carbocycles. The molecule has 2 saturated carbocycles. The summed E-state index contributed by atoms with van der Waals surface area (Å²) in [6, 6.07) is 8.46. The second-order valence-electron chi connectivity index (χ2n) is 8.88. The molecular formula is C26H33F2NO.